The van der Waals surface area contributed by atoms with Gasteiger partial charge in [-0.1, -0.05) is 22.0 Å². The molecule has 6 nitrogen and oxygen atoms in total. The number of hydrogen-bond donors (Lipinski definition) is 2. The minimum Gasteiger partial charge on any atom is -0.376 e. The van der Waals surface area contributed by atoms with Gasteiger partial charge >= 0.3 is 0 Å². The summed E-state index contributed by atoms with van der Waals surface area (Å²) < 4.78 is 27.0. The van der Waals surface area contributed by atoms with Gasteiger partial charge in [-0.2, -0.15) is 4.31 Å². The molecule has 0 unspecified atom stereocenters. The third-order valence-corrected chi connectivity index (χ3v) is 6.36. The van der Waals surface area contributed by atoms with Crippen LogP contribution in [0.3, 0.4) is 0 Å². The lowest BCUT2D eigenvalue weighted by atomic mass is 10.3. The second-order valence-electron chi connectivity index (χ2n) is 6.05. The Balaban J connectivity index is 1.96. The Morgan fingerprint density at radius 3 is 2.35 bits per heavy atom. The molecule has 0 radical (unpaired) electrons. The fraction of sp³-hybridized carbons (Fsp3) is 0.278. The van der Waals surface area contributed by atoms with E-state index in [1.807, 2.05) is 32.0 Å². The maximum absolute atomic E-state index is 12.4. The summed E-state index contributed by atoms with van der Waals surface area (Å²) in [5.41, 5.74) is 1.37. The van der Waals surface area contributed by atoms with Crippen LogP contribution in [-0.4, -0.2) is 38.3 Å². The van der Waals surface area contributed by atoms with Crippen molar-refractivity contribution in [3.63, 3.8) is 0 Å². The van der Waals surface area contributed by atoms with Gasteiger partial charge in [-0.25, -0.2) is 8.42 Å². The standard InChI is InChI=1S/C18H22BrN3O3S/c1-13(2)22(3)26(24,25)17-9-7-15(8-10-17)20-12-18(23)21-16-6-4-5-14(19)11-16/h4-11,13,20H,12H2,1-3H3,(H,21,23). The monoisotopic (exact) mass is 439 g/mol. The molecule has 0 aliphatic carbocycles. The van der Waals surface area contributed by atoms with Gasteiger partial charge in [-0.15, -0.1) is 0 Å². The molecule has 140 valence electrons. The minimum absolute atomic E-state index is 0.0739. The fourth-order valence-corrected chi connectivity index (χ4v) is 3.91. The molecule has 0 saturated heterocycles. The Kier molecular flexibility index (Phi) is 6.80. The number of sulfonamides is 1. The van der Waals surface area contributed by atoms with Gasteiger partial charge in [0.15, 0.2) is 0 Å². The zero-order valence-electron chi connectivity index (χ0n) is 14.9. The molecule has 0 aliphatic rings. The maximum atomic E-state index is 12.4. The summed E-state index contributed by atoms with van der Waals surface area (Å²) in [7, 11) is -1.96. The summed E-state index contributed by atoms with van der Waals surface area (Å²) in [5.74, 6) is -0.195. The van der Waals surface area contributed by atoms with Crippen LogP contribution in [0.1, 0.15) is 13.8 Å². The smallest absolute Gasteiger partial charge is 0.243 e. The quantitative estimate of drug-likeness (QED) is 0.691. The molecule has 0 heterocycles. The van der Waals surface area contributed by atoms with Gasteiger partial charge in [0.25, 0.3) is 0 Å². The lowest BCUT2D eigenvalue weighted by Crippen LogP contribution is -2.33. The fourth-order valence-electron chi connectivity index (χ4n) is 2.14. The second kappa shape index (κ2) is 8.66. The predicted molar refractivity (Wildman–Crippen MR) is 108 cm³/mol. The highest BCUT2D eigenvalue weighted by atomic mass is 79.9. The molecule has 8 heteroatoms. The number of amides is 1. The van der Waals surface area contributed by atoms with Crippen molar-refractivity contribution in [1.29, 1.82) is 0 Å². The van der Waals surface area contributed by atoms with Gasteiger partial charge in [0.05, 0.1) is 11.4 Å². The molecule has 0 aromatic heterocycles. The largest absolute Gasteiger partial charge is 0.376 e. The molecule has 2 rings (SSSR count). The van der Waals surface area contributed by atoms with Crippen molar-refractivity contribution in [2.45, 2.75) is 24.8 Å². The average molecular weight is 440 g/mol. The number of halogens is 1. The van der Waals surface area contributed by atoms with Crippen LogP contribution in [0.25, 0.3) is 0 Å². The van der Waals surface area contributed by atoms with Crippen molar-refractivity contribution in [1.82, 2.24) is 4.31 Å². The topological polar surface area (TPSA) is 78.5 Å². The summed E-state index contributed by atoms with van der Waals surface area (Å²) in [4.78, 5) is 12.2. The van der Waals surface area contributed by atoms with Crippen LogP contribution in [0, 0.1) is 0 Å². The van der Waals surface area contributed by atoms with Crippen molar-refractivity contribution in [3.05, 3.63) is 53.0 Å². The van der Waals surface area contributed by atoms with E-state index in [4.69, 9.17) is 0 Å². The summed E-state index contributed by atoms with van der Waals surface area (Å²) in [6.45, 7) is 3.71. The van der Waals surface area contributed by atoms with Gasteiger partial charge in [0.2, 0.25) is 15.9 Å². The molecular weight excluding hydrogens is 418 g/mol. The van der Waals surface area contributed by atoms with E-state index in [2.05, 4.69) is 26.6 Å². The van der Waals surface area contributed by atoms with Crippen molar-refractivity contribution in [2.75, 3.05) is 24.2 Å². The third-order valence-electron chi connectivity index (χ3n) is 3.82. The Morgan fingerprint density at radius 2 is 1.77 bits per heavy atom. The molecule has 1 amide bonds. The first kappa shape index (κ1) is 20.4. The van der Waals surface area contributed by atoms with E-state index in [1.54, 1.807) is 25.2 Å². The van der Waals surface area contributed by atoms with E-state index in [0.717, 1.165) is 4.47 Å². The van der Waals surface area contributed by atoms with Crippen molar-refractivity contribution >= 4 is 43.2 Å². The highest BCUT2D eigenvalue weighted by Crippen LogP contribution is 2.19. The van der Waals surface area contributed by atoms with Gasteiger partial charge < -0.3 is 10.6 Å². The summed E-state index contributed by atoms with van der Waals surface area (Å²) in [6.07, 6.45) is 0. The summed E-state index contributed by atoms with van der Waals surface area (Å²) in [5, 5.41) is 5.76. The molecule has 0 spiro atoms. The molecule has 0 atom stereocenters. The van der Waals surface area contributed by atoms with Crippen LogP contribution in [0.2, 0.25) is 0 Å². The van der Waals surface area contributed by atoms with E-state index >= 15 is 0 Å². The number of anilines is 2. The average Bonchev–Trinajstić information content (AvgIpc) is 2.59. The maximum Gasteiger partial charge on any atom is 0.243 e. The zero-order chi connectivity index (χ0) is 19.3. The molecule has 26 heavy (non-hydrogen) atoms. The van der Waals surface area contributed by atoms with Crippen LogP contribution in [0.5, 0.6) is 0 Å². The Morgan fingerprint density at radius 1 is 1.12 bits per heavy atom. The molecule has 0 fully saturated rings. The first-order chi connectivity index (χ1) is 12.2. The molecular formula is C18H22BrN3O3S. The van der Waals surface area contributed by atoms with E-state index in [1.165, 1.54) is 16.4 Å². The van der Waals surface area contributed by atoms with Crippen LogP contribution < -0.4 is 10.6 Å². The normalized spacial score (nSPS) is 11.6. The van der Waals surface area contributed by atoms with Crippen LogP contribution in [-0.2, 0) is 14.8 Å². The van der Waals surface area contributed by atoms with Gasteiger partial charge in [-0.05, 0) is 56.3 Å². The SMILES string of the molecule is CC(C)N(C)S(=O)(=O)c1ccc(NCC(=O)Nc2cccc(Br)c2)cc1. The molecule has 2 N–H and O–H groups in total. The molecule has 2 aromatic rings. The van der Waals surface area contributed by atoms with Gasteiger partial charge in [0, 0.05) is 28.9 Å². The summed E-state index contributed by atoms with van der Waals surface area (Å²) >= 11 is 3.35. The van der Waals surface area contributed by atoms with Crippen LogP contribution >= 0.6 is 15.9 Å². The van der Waals surface area contributed by atoms with E-state index in [-0.39, 0.29) is 23.4 Å². The number of hydrogen-bond acceptors (Lipinski definition) is 4. The van der Waals surface area contributed by atoms with Gasteiger partial charge in [-0.3, -0.25) is 4.79 Å². The highest BCUT2D eigenvalue weighted by Gasteiger charge is 2.22. The van der Waals surface area contributed by atoms with Crippen molar-refractivity contribution in [2.24, 2.45) is 0 Å². The molecule has 2 aromatic carbocycles. The van der Waals surface area contributed by atoms with E-state index in [0.29, 0.717) is 11.4 Å². The first-order valence-corrected chi connectivity index (χ1v) is 10.3. The number of carbonyl (C=O) groups is 1. The minimum atomic E-state index is -3.51. The predicted octanol–water partition coefficient (Wildman–Crippen LogP) is 3.53. The first-order valence-electron chi connectivity index (χ1n) is 8.07. The lowest BCUT2D eigenvalue weighted by molar-refractivity contribution is -0.114. The van der Waals surface area contributed by atoms with Gasteiger partial charge in [0.1, 0.15) is 0 Å². The number of benzene rings is 2. The number of nitrogens with zero attached hydrogens (tertiary/aromatic N) is 1. The van der Waals surface area contributed by atoms with Crippen molar-refractivity contribution in [3.8, 4) is 0 Å². The Bertz CT molecular complexity index is 868. The number of nitrogens with one attached hydrogen (secondary N) is 2. The zero-order valence-corrected chi connectivity index (χ0v) is 17.3. The number of carbonyl (C=O) groups excluding carboxylic acids is 1. The second-order valence-corrected chi connectivity index (χ2v) is 8.96. The Labute approximate surface area is 162 Å². The highest BCUT2D eigenvalue weighted by molar-refractivity contribution is 9.10. The number of rotatable bonds is 7. The summed E-state index contributed by atoms with van der Waals surface area (Å²) in [6, 6.07) is 13.5. The Hall–Kier alpha value is -1.90. The van der Waals surface area contributed by atoms with Crippen LogP contribution in [0.15, 0.2) is 57.9 Å². The molecule has 0 bridgehead atoms. The third kappa shape index (κ3) is 5.30. The van der Waals surface area contributed by atoms with E-state index in [9.17, 15) is 13.2 Å². The van der Waals surface area contributed by atoms with Crippen LogP contribution in [0.4, 0.5) is 11.4 Å². The molecule has 0 saturated carbocycles. The van der Waals surface area contributed by atoms with Crippen molar-refractivity contribution < 1.29 is 13.2 Å². The lowest BCUT2D eigenvalue weighted by Gasteiger charge is -2.21. The molecule has 0 aliphatic heterocycles. The van der Waals surface area contributed by atoms with E-state index < -0.39 is 10.0 Å².